The van der Waals surface area contributed by atoms with Crippen molar-refractivity contribution < 1.29 is 9.32 Å². The Morgan fingerprint density at radius 2 is 2.25 bits per heavy atom. The van der Waals surface area contributed by atoms with Crippen LogP contribution in [0.5, 0.6) is 0 Å². The third kappa shape index (κ3) is 2.12. The van der Waals surface area contributed by atoms with Crippen molar-refractivity contribution in [3.8, 4) is 0 Å². The second-order valence-corrected chi connectivity index (χ2v) is 2.80. The quantitative estimate of drug-likeness (QED) is 0.492. The van der Waals surface area contributed by atoms with Crippen LogP contribution < -0.4 is 16.6 Å². The van der Waals surface area contributed by atoms with Crippen molar-refractivity contribution >= 4 is 17.4 Å². The van der Waals surface area contributed by atoms with Crippen LogP contribution in [0.1, 0.15) is 10.5 Å². The molecule has 0 atom stereocenters. The molecule has 0 saturated carbocycles. The van der Waals surface area contributed by atoms with Gasteiger partial charge in [-0.3, -0.25) is 9.78 Å². The minimum absolute atomic E-state index is 0.136. The van der Waals surface area contributed by atoms with E-state index < -0.39 is 5.91 Å². The number of hydrazine groups is 1. The lowest BCUT2D eigenvalue weighted by molar-refractivity contribution is 0.102. The fourth-order valence-electron chi connectivity index (χ4n) is 1.01. The van der Waals surface area contributed by atoms with Crippen LogP contribution in [0, 0.1) is 0 Å². The average Bonchev–Trinajstić information content (AvgIpc) is 2.82. The summed E-state index contributed by atoms with van der Waals surface area (Å²) < 4.78 is 4.56. The van der Waals surface area contributed by atoms with Gasteiger partial charge in [0.15, 0.2) is 5.82 Å². The second kappa shape index (κ2) is 4.36. The molecule has 0 aliphatic carbocycles. The Morgan fingerprint density at radius 1 is 1.38 bits per heavy atom. The molecule has 2 aromatic rings. The van der Waals surface area contributed by atoms with Gasteiger partial charge in [0, 0.05) is 0 Å². The SMILES string of the molecule is NNc1cncc(C(=O)Nc2cnoc2)n1. The number of rotatable bonds is 3. The van der Waals surface area contributed by atoms with Gasteiger partial charge in [0.25, 0.3) is 5.91 Å². The molecule has 0 aromatic carbocycles. The van der Waals surface area contributed by atoms with Crippen LogP contribution in [0.15, 0.2) is 29.4 Å². The van der Waals surface area contributed by atoms with Gasteiger partial charge in [-0.2, -0.15) is 0 Å². The van der Waals surface area contributed by atoms with Gasteiger partial charge in [-0.05, 0) is 0 Å². The van der Waals surface area contributed by atoms with Gasteiger partial charge in [0.1, 0.15) is 17.6 Å². The standard InChI is InChI=1S/C8H8N6O2/c9-14-7-3-10-2-6(13-7)8(15)12-5-1-11-16-4-5/h1-4H,9H2,(H,12,15)(H,13,14). The molecule has 0 unspecified atom stereocenters. The summed E-state index contributed by atoms with van der Waals surface area (Å²) in [5.41, 5.74) is 2.87. The molecule has 0 aliphatic rings. The predicted octanol–water partition coefficient (Wildman–Crippen LogP) is 0.00250. The van der Waals surface area contributed by atoms with E-state index in [1.54, 1.807) is 0 Å². The summed E-state index contributed by atoms with van der Waals surface area (Å²) in [5.74, 6) is 5.03. The summed E-state index contributed by atoms with van der Waals surface area (Å²) >= 11 is 0. The molecule has 0 radical (unpaired) electrons. The molecule has 8 heteroatoms. The highest BCUT2D eigenvalue weighted by atomic mass is 16.5. The molecular formula is C8H8N6O2. The van der Waals surface area contributed by atoms with Crippen molar-refractivity contribution in [2.45, 2.75) is 0 Å². The molecule has 0 fully saturated rings. The maximum atomic E-state index is 11.6. The van der Waals surface area contributed by atoms with E-state index in [0.29, 0.717) is 11.5 Å². The van der Waals surface area contributed by atoms with Crippen LogP contribution in [0.25, 0.3) is 0 Å². The molecule has 0 saturated heterocycles. The topological polar surface area (TPSA) is 119 Å². The lowest BCUT2D eigenvalue weighted by atomic mass is 10.4. The van der Waals surface area contributed by atoms with Gasteiger partial charge < -0.3 is 15.3 Å². The highest BCUT2D eigenvalue weighted by Gasteiger charge is 2.09. The van der Waals surface area contributed by atoms with Gasteiger partial charge in [-0.1, -0.05) is 5.16 Å². The van der Waals surface area contributed by atoms with Crippen LogP contribution in [0.3, 0.4) is 0 Å². The Hall–Kier alpha value is -2.48. The normalized spacial score (nSPS) is 9.81. The summed E-state index contributed by atoms with van der Waals surface area (Å²) in [7, 11) is 0. The number of nitrogens with one attached hydrogen (secondary N) is 2. The van der Waals surface area contributed by atoms with Crippen molar-refractivity contribution in [2.75, 3.05) is 10.7 Å². The van der Waals surface area contributed by atoms with Crippen LogP contribution in [-0.2, 0) is 0 Å². The molecule has 2 heterocycles. The Morgan fingerprint density at radius 3 is 2.94 bits per heavy atom. The lowest BCUT2D eigenvalue weighted by Crippen LogP contribution is -2.16. The minimum atomic E-state index is -0.423. The Kier molecular flexibility index (Phi) is 2.74. The van der Waals surface area contributed by atoms with Crippen molar-refractivity contribution in [3.63, 3.8) is 0 Å². The highest BCUT2D eigenvalue weighted by Crippen LogP contribution is 2.07. The molecule has 82 valence electrons. The molecule has 2 rings (SSSR count). The van der Waals surface area contributed by atoms with E-state index in [2.05, 4.69) is 30.4 Å². The number of nitrogens with two attached hydrogens (primary N) is 1. The van der Waals surface area contributed by atoms with Gasteiger partial charge in [-0.25, -0.2) is 10.8 Å². The molecule has 1 amide bonds. The van der Waals surface area contributed by atoms with Crippen molar-refractivity contribution in [2.24, 2.45) is 5.84 Å². The summed E-state index contributed by atoms with van der Waals surface area (Å²) in [5, 5.41) is 5.97. The van der Waals surface area contributed by atoms with Crippen LogP contribution >= 0.6 is 0 Å². The zero-order valence-electron chi connectivity index (χ0n) is 8.04. The average molecular weight is 220 g/mol. The first-order valence-corrected chi connectivity index (χ1v) is 4.29. The smallest absolute Gasteiger partial charge is 0.276 e. The zero-order valence-corrected chi connectivity index (χ0v) is 8.04. The third-order valence-electron chi connectivity index (χ3n) is 1.71. The monoisotopic (exact) mass is 220 g/mol. The summed E-state index contributed by atoms with van der Waals surface area (Å²) in [6, 6.07) is 0. The fraction of sp³-hybridized carbons (Fsp3) is 0. The number of anilines is 2. The van der Waals surface area contributed by atoms with Crippen LogP contribution in [-0.4, -0.2) is 21.0 Å². The summed E-state index contributed by atoms with van der Waals surface area (Å²) in [6.07, 6.45) is 5.40. The number of hydrogen-bond acceptors (Lipinski definition) is 7. The first-order valence-electron chi connectivity index (χ1n) is 4.29. The minimum Gasteiger partial charge on any atom is -0.363 e. The molecule has 0 aliphatic heterocycles. The second-order valence-electron chi connectivity index (χ2n) is 2.80. The van der Waals surface area contributed by atoms with Gasteiger partial charge in [0.05, 0.1) is 18.6 Å². The number of nitrogen functional groups attached to an aromatic ring is 1. The molecule has 0 bridgehead atoms. The van der Waals surface area contributed by atoms with Gasteiger partial charge in [0.2, 0.25) is 0 Å². The van der Waals surface area contributed by atoms with E-state index >= 15 is 0 Å². The maximum Gasteiger partial charge on any atom is 0.276 e. The number of amides is 1. The molecule has 8 nitrogen and oxygen atoms in total. The Balaban J connectivity index is 2.14. The first kappa shape index (κ1) is 10.1. The first-order chi connectivity index (χ1) is 7.79. The molecule has 16 heavy (non-hydrogen) atoms. The number of nitrogens with zero attached hydrogens (tertiary/aromatic N) is 3. The van der Waals surface area contributed by atoms with E-state index in [-0.39, 0.29) is 5.69 Å². The van der Waals surface area contributed by atoms with Crippen LogP contribution in [0.4, 0.5) is 11.5 Å². The number of aromatic nitrogens is 3. The predicted molar refractivity (Wildman–Crippen MR) is 54.3 cm³/mol. The van der Waals surface area contributed by atoms with E-state index in [9.17, 15) is 4.79 Å². The molecular weight excluding hydrogens is 212 g/mol. The van der Waals surface area contributed by atoms with Crippen molar-refractivity contribution in [1.82, 2.24) is 15.1 Å². The number of hydrogen-bond donors (Lipinski definition) is 3. The number of carbonyl (C=O) groups excluding carboxylic acids is 1. The van der Waals surface area contributed by atoms with Crippen molar-refractivity contribution in [1.29, 1.82) is 0 Å². The Labute approximate surface area is 89.8 Å². The van der Waals surface area contributed by atoms with E-state index in [1.165, 1.54) is 24.9 Å². The maximum absolute atomic E-state index is 11.6. The zero-order chi connectivity index (χ0) is 11.4. The van der Waals surface area contributed by atoms with E-state index in [4.69, 9.17) is 5.84 Å². The highest BCUT2D eigenvalue weighted by molar-refractivity contribution is 6.02. The summed E-state index contributed by atoms with van der Waals surface area (Å²) in [6.45, 7) is 0. The third-order valence-corrected chi connectivity index (χ3v) is 1.71. The Bertz CT molecular complexity index is 483. The molecule has 0 spiro atoms. The van der Waals surface area contributed by atoms with Gasteiger partial charge >= 0.3 is 0 Å². The van der Waals surface area contributed by atoms with Gasteiger partial charge in [-0.15, -0.1) is 0 Å². The number of carbonyl (C=O) groups is 1. The summed E-state index contributed by atoms with van der Waals surface area (Å²) in [4.78, 5) is 19.3. The molecule has 4 N–H and O–H groups in total. The largest absolute Gasteiger partial charge is 0.363 e. The van der Waals surface area contributed by atoms with Crippen LogP contribution in [0.2, 0.25) is 0 Å². The lowest BCUT2D eigenvalue weighted by Gasteiger charge is -2.02. The van der Waals surface area contributed by atoms with E-state index in [0.717, 1.165) is 0 Å². The molecule has 2 aromatic heterocycles. The van der Waals surface area contributed by atoms with E-state index in [1.807, 2.05) is 0 Å². The van der Waals surface area contributed by atoms with Crippen molar-refractivity contribution in [3.05, 3.63) is 30.5 Å². The fourth-order valence-corrected chi connectivity index (χ4v) is 1.01.